The number of nitrogens with zero attached hydrogens (tertiary/aromatic N) is 2. The van der Waals surface area contributed by atoms with Crippen molar-refractivity contribution in [2.75, 3.05) is 7.11 Å². The smallest absolute Gasteiger partial charge is 0.145 e. The minimum Gasteiger partial charge on any atom is -0.494 e. The Morgan fingerprint density at radius 2 is 1.42 bits per heavy atom. The van der Waals surface area contributed by atoms with E-state index in [1.807, 2.05) is 58.0 Å². The van der Waals surface area contributed by atoms with Gasteiger partial charge in [0, 0.05) is 0 Å². The topological polar surface area (TPSA) is 35.0 Å². The van der Waals surface area contributed by atoms with E-state index >= 15 is 0 Å². The Morgan fingerprint density at radius 1 is 0.792 bits per heavy atom. The molecule has 0 bridgehead atoms. The molecule has 0 fully saturated rings. The molecule has 2 aromatic heterocycles. The number of rotatable bonds is 1. The van der Waals surface area contributed by atoms with E-state index in [4.69, 9.17) is 4.74 Å². The van der Waals surface area contributed by atoms with Crippen LogP contribution in [-0.4, -0.2) is 17.1 Å². The van der Waals surface area contributed by atoms with E-state index in [1.165, 1.54) is 9.40 Å². The first-order valence-corrected chi connectivity index (χ1v) is 9.53. The summed E-state index contributed by atoms with van der Waals surface area (Å²) in [7, 11) is 1.67. The lowest BCUT2D eigenvalue weighted by Gasteiger charge is -1.97. The van der Waals surface area contributed by atoms with Crippen molar-refractivity contribution < 1.29 is 4.74 Å². The quantitative estimate of drug-likeness (QED) is 0.404. The average molecular weight is 359 g/mol. The van der Waals surface area contributed by atoms with Crippen molar-refractivity contribution in [2.24, 2.45) is 0 Å². The standard InChI is InChI=1S/C9H9NOS.C8H7NS.C2H6/c1-6-10-9-7(11-2)4-3-5-8(9)12-6;1-6-9-7-4-2-3-5-8(7)10-6;1-2/h3-5H,1-2H3;2-5H,1H3;1-2H3. The molecule has 4 rings (SSSR count). The van der Waals surface area contributed by atoms with Gasteiger partial charge in [-0.1, -0.05) is 32.0 Å². The molecule has 2 heterocycles. The second-order valence-corrected chi connectivity index (χ2v) is 7.21. The first-order valence-electron chi connectivity index (χ1n) is 7.89. The molecule has 3 nitrogen and oxygen atoms in total. The highest BCUT2D eigenvalue weighted by Crippen LogP contribution is 2.28. The van der Waals surface area contributed by atoms with Crippen molar-refractivity contribution in [1.29, 1.82) is 0 Å². The molecular formula is C19H22N2OS2. The summed E-state index contributed by atoms with van der Waals surface area (Å²) < 4.78 is 7.65. The molecule has 24 heavy (non-hydrogen) atoms. The van der Waals surface area contributed by atoms with Gasteiger partial charge >= 0.3 is 0 Å². The number of aryl methyl sites for hydroxylation is 2. The van der Waals surface area contributed by atoms with Crippen molar-refractivity contribution >= 4 is 43.1 Å². The van der Waals surface area contributed by atoms with E-state index in [1.54, 1.807) is 29.8 Å². The predicted molar refractivity (Wildman–Crippen MR) is 107 cm³/mol. The molecule has 0 aliphatic carbocycles. The highest BCUT2D eigenvalue weighted by molar-refractivity contribution is 7.18. The van der Waals surface area contributed by atoms with E-state index in [9.17, 15) is 0 Å². The summed E-state index contributed by atoms with van der Waals surface area (Å²) in [6, 6.07) is 14.2. The molecule has 0 unspecified atom stereocenters. The number of aromatic nitrogens is 2. The van der Waals surface area contributed by atoms with Crippen LogP contribution in [0, 0.1) is 13.8 Å². The van der Waals surface area contributed by atoms with E-state index in [2.05, 4.69) is 22.1 Å². The maximum Gasteiger partial charge on any atom is 0.145 e. The van der Waals surface area contributed by atoms with Crippen molar-refractivity contribution in [2.45, 2.75) is 27.7 Å². The molecule has 4 aromatic rings. The third kappa shape index (κ3) is 4.30. The van der Waals surface area contributed by atoms with Crippen LogP contribution in [0.2, 0.25) is 0 Å². The zero-order valence-electron chi connectivity index (χ0n) is 14.7. The maximum atomic E-state index is 5.18. The number of hydrogen-bond donors (Lipinski definition) is 0. The summed E-state index contributed by atoms with van der Waals surface area (Å²) in [6.45, 7) is 8.04. The van der Waals surface area contributed by atoms with Gasteiger partial charge in [0.1, 0.15) is 11.3 Å². The molecule has 0 amide bonds. The van der Waals surface area contributed by atoms with Crippen LogP contribution in [0.5, 0.6) is 5.75 Å². The Morgan fingerprint density at radius 3 is 2.12 bits per heavy atom. The van der Waals surface area contributed by atoms with Crippen LogP contribution in [0.3, 0.4) is 0 Å². The van der Waals surface area contributed by atoms with Gasteiger partial charge in [0.25, 0.3) is 0 Å². The lowest BCUT2D eigenvalue weighted by Crippen LogP contribution is -1.83. The van der Waals surface area contributed by atoms with E-state index in [-0.39, 0.29) is 0 Å². The number of ether oxygens (including phenoxy) is 1. The van der Waals surface area contributed by atoms with Crippen LogP contribution in [-0.2, 0) is 0 Å². The maximum absolute atomic E-state index is 5.18. The minimum atomic E-state index is 0.858. The van der Waals surface area contributed by atoms with Crippen molar-refractivity contribution in [3.63, 3.8) is 0 Å². The average Bonchev–Trinajstić information content (AvgIpc) is 3.17. The van der Waals surface area contributed by atoms with Gasteiger partial charge in [-0.15, -0.1) is 22.7 Å². The fourth-order valence-electron chi connectivity index (χ4n) is 2.19. The van der Waals surface area contributed by atoms with Gasteiger partial charge in [-0.2, -0.15) is 0 Å². The molecule has 0 atom stereocenters. The largest absolute Gasteiger partial charge is 0.494 e. The Kier molecular flexibility index (Phi) is 6.70. The van der Waals surface area contributed by atoms with Crippen LogP contribution in [0.1, 0.15) is 23.9 Å². The summed E-state index contributed by atoms with van der Waals surface area (Å²) in [5.74, 6) is 0.858. The normalized spacial score (nSPS) is 9.88. The lowest BCUT2D eigenvalue weighted by molar-refractivity contribution is 0.419. The fourth-order valence-corrected chi connectivity index (χ4v) is 3.86. The number of hydrogen-bond acceptors (Lipinski definition) is 5. The Balaban J connectivity index is 0.000000160. The molecule has 0 saturated carbocycles. The number of methoxy groups -OCH3 is 1. The lowest BCUT2D eigenvalue weighted by atomic mass is 10.3. The molecule has 126 valence electrons. The molecular weight excluding hydrogens is 336 g/mol. The molecule has 0 N–H and O–H groups in total. The van der Waals surface area contributed by atoms with E-state index < -0.39 is 0 Å². The molecule has 0 radical (unpaired) electrons. The van der Waals surface area contributed by atoms with Gasteiger partial charge in [-0.3, -0.25) is 0 Å². The molecule has 0 saturated heterocycles. The monoisotopic (exact) mass is 358 g/mol. The number of para-hydroxylation sites is 2. The second kappa shape index (κ2) is 8.76. The van der Waals surface area contributed by atoms with Gasteiger partial charge < -0.3 is 4.74 Å². The number of thiazole rings is 2. The van der Waals surface area contributed by atoms with Gasteiger partial charge in [-0.25, -0.2) is 9.97 Å². The summed E-state index contributed by atoms with van der Waals surface area (Å²) in [5, 5.41) is 2.22. The van der Waals surface area contributed by atoms with Gasteiger partial charge in [0.05, 0.1) is 32.0 Å². The third-order valence-electron chi connectivity index (χ3n) is 3.11. The minimum absolute atomic E-state index is 0.858. The summed E-state index contributed by atoms with van der Waals surface area (Å²) in [6.07, 6.45) is 0. The Bertz CT molecular complexity index is 879. The number of benzene rings is 2. The molecule has 0 spiro atoms. The Hall–Kier alpha value is -1.98. The third-order valence-corrected chi connectivity index (χ3v) is 5.00. The zero-order chi connectivity index (χ0) is 17.5. The summed E-state index contributed by atoms with van der Waals surface area (Å²) in [5.41, 5.74) is 2.09. The van der Waals surface area contributed by atoms with Crippen LogP contribution in [0.4, 0.5) is 0 Å². The van der Waals surface area contributed by atoms with Gasteiger partial charge in [-0.05, 0) is 38.1 Å². The zero-order valence-corrected chi connectivity index (χ0v) is 16.3. The first-order chi connectivity index (χ1) is 11.7. The van der Waals surface area contributed by atoms with Crippen LogP contribution in [0.25, 0.3) is 20.4 Å². The highest BCUT2D eigenvalue weighted by Gasteiger charge is 2.04. The Labute approximate surface area is 151 Å². The van der Waals surface area contributed by atoms with Crippen molar-refractivity contribution in [3.8, 4) is 5.75 Å². The second-order valence-electron chi connectivity index (χ2n) is 4.74. The van der Waals surface area contributed by atoms with Crippen LogP contribution in [0.15, 0.2) is 42.5 Å². The van der Waals surface area contributed by atoms with Crippen molar-refractivity contribution in [1.82, 2.24) is 9.97 Å². The van der Waals surface area contributed by atoms with Crippen LogP contribution < -0.4 is 4.74 Å². The van der Waals surface area contributed by atoms with E-state index in [0.717, 1.165) is 26.8 Å². The first kappa shape index (κ1) is 18.4. The number of fused-ring (bicyclic) bond motifs is 2. The fraction of sp³-hybridized carbons (Fsp3) is 0.263. The molecule has 5 heteroatoms. The highest BCUT2D eigenvalue weighted by atomic mass is 32.1. The molecule has 0 aliphatic rings. The van der Waals surface area contributed by atoms with Crippen molar-refractivity contribution in [3.05, 3.63) is 52.5 Å². The summed E-state index contributed by atoms with van der Waals surface area (Å²) >= 11 is 3.43. The molecule has 0 aliphatic heterocycles. The summed E-state index contributed by atoms with van der Waals surface area (Å²) in [4.78, 5) is 8.71. The SMILES string of the molecule is CC.COc1cccc2sc(C)nc12.Cc1nc2ccccc2s1. The predicted octanol–water partition coefficient (Wildman–Crippen LogP) is 6.24. The van der Waals surface area contributed by atoms with Gasteiger partial charge in [0.15, 0.2) is 0 Å². The van der Waals surface area contributed by atoms with Gasteiger partial charge in [0.2, 0.25) is 0 Å². The van der Waals surface area contributed by atoms with Crippen LogP contribution >= 0.6 is 22.7 Å². The molecule has 2 aromatic carbocycles. The van der Waals surface area contributed by atoms with E-state index in [0.29, 0.717) is 0 Å².